The Morgan fingerprint density at radius 1 is 1.60 bits per heavy atom. The largest absolute Gasteiger partial charge is 0.478 e. The van der Waals surface area contributed by atoms with Gasteiger partial charge in [0.15, 0.2) is 5.65 Å². The van der Waals surface area contributed by atoms with Gasteiger partial charge in [0.25, 0.3) is 0 Å². The van der Waals surface area contributed by atoms with E-state index >= 15 is 0 Å². The van der Waals surface area contributed by atoms with Crippen LogP contribution in [0.2, 0.25) is 5.02 Å². The highest BCUT2D eigenvalue weighted by Gasteiger charge is 2.12. The molecule has 2 aromatic heterocycles. The molecule has 0 aromatic carbocycles. The summed E-state index contributed by atoms with van der Waals surface area (Å²) in [6, 6.07) is 1.37. The van der Waals surface area contributed by atoms with Gasteiger partial charge in [-0.1, -0.05) is 18.5 Å². The van der Waals surface area contributed by atoms with Crippen LogP contribution in [0.5, 0.6) is 0 Å². The Hall–Kier alpha value is -1.62. The van der Waals surface area contributed by atoms with Crippen LogP contribution in [0, 0.1) is 0 Å². The number of aromatic carboxylic acids is 1. The van der Waals surface area contributed by atoms with Gasteiger partial charge in [0.2, 0.25) is 0 Å². The van der Waals surface area contributed by atoms with Crippen molar-refractivity contribution >= 4 is 23.2 Å². The Balaban J connectivity index is 2.77. The third-order valence-electron chi connectivity index (χ3n) is 2.09. The minimum atomic E-state index is -1.02. The third kappa shape index (κ3) is 1.55. The second-order valence-electron chi connectivity index (χ2n) is 3.05. The van der Waals surface area contributed by atoms with Crippen molar-refractivity contribution in [1.29, 1.82) is 0 Å². The van der Waals surface area contributed by atoms with Crippen LogP contribution in [0.3, 0.4) is 0 Å². The summed E-state index contributed by atoms with van der Waals surface area (Å²) in [5.74, 6) is -0.329. The van der Waals surface area contributed by atoms with E-state index in [4.69, 9.17) is 16.7 Å². The number of carboxylic acids is 1. The van der Waals surface area contributed by atoms with Crippen LogP contribution in [0.4, 0.5) is 0 Å². The van der Waals surface area contributed by atoms with E-state index in [-0.39, 0.29) is 5.56 Å². The van der Waals surface area contributed by atoms with E-state index < -0.39 is 5.97 Å². The first kappa shape index (κ1) is 9.92. The number of hydrogen-bond donors (Lipinski definition) is 1. The fraction of sp³-hybridized carbons (Fsp3) is 0.222. The van der Waals surface area contributed by atoms with E-state index in [1.165, 1.54) is 12.3 Å². The van der Waals surface area contributed by atoms with E-state index in [1.807, 2.05) is 6.92 Å². The lowest BCUT2D eigenvalue weighted by atomic mass is 10.3. The SMILES string of the molecule is CCc1nnc2c(Cl)cc(C(=O)O)cn12. The van der Waals surface area contributed by atoms with Gasteiger partial charge in [-0.05, 0) is 6.07 Å². The molecule has 0 saturated heterocycles. The highest BCUT2D eigenvalue weighted by molar-refractivity contribution is 6.33. The summed E-state index contributed by atoms with van der Waals surface area (Å²) in [6.07, 6.45) is 2.14. The maximum absolute atomic E-state index is 10.8. The molecule has 6 heteroatoms. The first-order valence-electron chi connectivity index (χ1n) is 4.40. The average Bonchev–Trinajstić information content (AvgIpc) is 2.60. The molecule has 0 amide bonds. The highest BCUT2D eigenvalue weighted by Crippen LogP contribution is 2.18. The molecule has 1 N–H and O–H groups in total. The number of carbonyl (C=O) groups is 1. The van der Waals surface area contributed by atoms with E-state index in [0.29, 0.717) is 22.9 Å². The molecule has 0 aliphatic carbocycles. The highest BCUT2D eigenvalue weighted by atomic mass is 35.5. The molecule has 78 valence electrons. The van der Waals surface area contributed by atoms with Crippen molar-refractivity contribution in [3.8, 4) is 0 Å². The maximum Gasteiger partial charge on any atom is 0.337 e. The molecule has 2 aromatic rings. The third-order valence-corrected chi connectivity index (χ3v) is 2.37. The zero-order valence-corrected chi connectivity index (χ0v) is 8.69. The van der Waals surface area contributed by atoms with Crippen molar-refractivity contribution in [3.63, 3.8) is 0 Å². The van der Waals surface area contributed by atoms with Crippen LogP contribution >= 0.6 is 11.6 Å². The van der Waals surface area contributed by atoms with Gasteiger partial charge in [-0.25, -0.2) is 4.79 Å². The zero-order chi connectivity index (χ0) is 11.0. The molecule has 5 nitrogen and oxygen atoms in total. The number of aryl methyl sites for hydroxylation is 1. The molecule has 0 unspecified atom stereocenters. The summed E-state index contributed by atoms with van der Waals surface area (Å²) in [7, 11) is 0. The quantitative estimate of drug-likeness (QED) is 0.844. The number of pyridine rings is 1. The van der Waals surface area contributed by atoms with Crippen molar-refractivity contribution in [3.05, 3.63) is 28.7 Å². The van der Waals surface area contributed by atoms with Crippen LogP contribution in [0.25, 0.3) is 5.65 Å². The average molecular weight is 226 g/mol. The molecule has 0 aliphatic rings. The molecule has 0 fully saturated rings. The number of aromatic nitrogens is 3. The number of hydrogen-bond acceptors (Lipinski definition) is 3. The summed E-state index contributed by atoms with van der Waals surface area (Å²) in [6.45, 7) is 1.91. The normalized spacial score (nSPS) is 10.8. The van der Waals surface area contributed by atoms with Crippen molar-refractivity contribution in [2.24, 2.45) is 0 Å². The van der Waals surface area contributed by atoms with Gasteiger partial charge in [-0.3, -0.25) is 4.40 Å². The zero-order valence-electron chi connectivity index (χ0n) is 7.94. The summed E-state index contributed by atoms with van der Waals surface area (Å²) in [5, 5.41) is 16.9. The number of rotatable bonds is 2. The molecule has 0 bridgehead atoms. The molecule has 15 heavy (non-hydrogen) atoms. The number of nitrogens with zero attached hydrogens (tertiary/aromatic N) is 3. The number of carboxylic acid groups (broad SMARTS) is 1. The monoisotopic (exact) mass is 225 g/mol. The van der Waals surface area contributed by atoms with Gasteiger partial charge < -0.3 is 5.11 Å². The topological polar surface area (TPSA) is 67.5 Å². The summed E-state index contributed by atoms with van der Waals surface area (Å²) in [5.41, 5.74) is 0.612. The minimum absolute atomic E-state index is 0.127. The van der Waals surface area contributed by atoms with Crippen LogP contribution in [0.15, 0.2) is 12.3 Å². The molecule has 2 rings (SSSR count). The van der Waals surface area contributed by atoms with Gasteiger partial charge in [0.1, 0.15) is 5.82 Å². The van der Waals surface area contributed by atoms with Crippen molar-refractivity contribution in [2.75, 3.05) is 0 Å². The van der Waals surface area contributed by atoms with Gasteiger partial charge in [-0.2, -0.15) is 0 Å². The molecular weight excluding hydrogens is 218 g/mol. The lowest BCUT2D eigenvalue weighted by Gasteiger charge is -2.00. The molecule has 0 radical (unpaired) electrons. The van der Waals surface area contributed by atoms with Crippen molar-refractivity contribution < 1.29 is 9.90 Å². The Bertz CT molecular complexity index is 535. The summed E-state index contributed by atoms with van der Waals surface area (Å²) in [4.78, 5) is 10.8. The van der Waals surface area contributed by atoms with Crippen LogP contribution in [-0.4, -0.2) is 25.7 Å². The van der Waals surface area contributed by atoms with Crippen molar-refractivity contribution in [2.45, 2.75) is 13.3 Å². The fourth-order valence-electron chi connectivity index (χ4n) is 1.36. The second kappa shape index (κ2) is 3.51. The molecule has 0 atom stereocenters. The Labute approximate surface area is 90.3 Å². The lowest BCUT2D eigenvalue weighted by molar-refractivity contribution is 0.0696. The predicted molar refractivity (Wildman–Crippen MR) is 54.3 cm³/mol. The first-order chi connectivity index (χ1) is 7.13. The predicted octanol–water partition coefficient (Wildman–Crippen LogP) is 1.64. The van der Waals surface area contributed by atoms with E-state index in [2.05, 4.69) is 10.2 Å². The summed E-state index contributed by atoms with van der Waals surface area (Å²) < 4.78 is 1.60. The number of halogens is 1. The van der Waals surface area contributed by atoms with Crippen molar-refractivity contribution in [1.82, 2.24) is 14.6 Å². The second-order valence-corrected chi connectivity index (χ2v) is 3.45. The minimum Gasteiger partial charge on any atom is -0.478 e. The van der Waals surface area contributed by atoms with E-state index in [9.17, 15) is 4.79 Å². The standard InChI is InChI=1S/C9H8ClN3O2/c1-2-7-11-12-8-6(10)3-5(9(14)15)4-13(7)8/h3-4H,2H2,1H3,(H,14,15). The van der Waals surface area contributed by atoms with E-state index in [1.54, 1.807) is 4.40 Å². The Kier molecular flexibility index (Phi) is 2.32. The summed E-state index contributed by atoms with van der Waals surface area (Å²) >= 11 is 5.89. The fourth-order valence-corrected chi connectivity index (χ4v) is 1.60. The molecule has 2 heterocycles. The first-order valence-corrected chi connectivity index (χ1v) is 4.77. The van der Waals surface area contributed by atoms with Crippen LogP contribution < -0.4 is 0 Å². The number of fused-ring (bicyclic) bond motifs is 1. The smallest absolute Gasteiger partial charge is 0.337 e. The van der Waals surface area contributed by atoms with E-state index in [0.717, 1.165) is 0 Å². The Morgan fingerprint density at radius 3 is 2.93 bits per heavy atom. The lowest BCUT2D eigenvalue weighted by Crippen LogP contribution is -2.01. The van der Waals surface area contributed by atoms with Gasteiger partial charge in [-0.15, -0.1) is 10.2 Å². The molecule has 0 saturated carbocycles. The van der Waals surface area contributed by atoms with Crippen LogP contribution in [-0.2, 0) is 6.42 Å². The molecule has 0 aliphatic heterocycles. The van der Waals surface area contributed by atoms with Gasteiger partial charge in [0, 0.05) is 12.6 Å². The maximum atomic E-state index is 10.8. The molecular formula is C9H8ClN3O2. The Morgan fingerprint density at radius 2 is 2.33 bits per heavy atom. The molecule has 0 spiro atoms. The van der Waals surface area contributed by atoms with Crippen LogP contribution in [0.1, 0.15) is 23.1 Å². The van der Waals surface area contributed by atoms with Gasteiger partial charge in [0.05, 0.1) is 10.6 Å². The van der Waals surface area contributed by atoms with Gasteiger partial charge >= 0.3 is 5.97 Å².